The van der Waals surface area contributed by atoms with Gasteiger partial charge in [-0.2, -0.15) is 0 Å². The van der Waals surface area contributed by atoms with Crippen molar-refractivity contribution < 1.29 is 9.48 Å². The zero-order valence-corrected chi connectivity index (χ0v) is 8.18. The molecule has 74 valence electrons. The summed E-state index contributed by atoms with van der Waals surface area (Å²) in [6.07, 6.45) is 2.93. The van der Waals surface area contributed by atoms with Gasteiger partial charge in [-0.25, -0.2) is 9.48 Å². The van der Waals surface area contributed by atoms with Gasteiger partial charge in [0, 0.05) is 11.1 Å². The summed E-state index contributed by atoms with van der Waals surface area (Å²) in [5.74, 6) is 0. The molecule has 0 aromatic heterocycles. The van der Waals surface area contributed by atoms with E-state index in [-0.39, 0.29) is 0 Å². The molecule has 0 aliphatic heterocycles. The number of nitrogens with zero attached hydrogens (tertiary/aromatic N) is 2. The Bertz CT molecular complexity index is 321. The van der Waals surface area contributed by atoms with E-state index in [4.69, 9.17) is 0 Å². The molecule has 0 amide bonds. The highest BCUT2D eigenvalue weighted by Gasteiger charge is 1.94. The molecular formula is C10H12N2O2. The van der Waals surface area contributed by atoms with Gasteiger partial charge in [-0.3, -0.25) is 0 Å². The summed E-state index contributed by atoms with van der Waals surface area (Å²) in [5.41, 5.74) is 1.63. The first-order chi connectivity index (χ1) is 6.58. The zero-order valence-electron chi connectivity index (χ0n) is 8.18. The van der Waals surface area contributed by atoms with Crippen LogP contribution in [0.15, 0.2) is 24.3 Å². The van der Waals surface area contributed by atoms with Crippen LogP contribution in [0.2, 0.25) is 0 Å². The molecule has 0 bridgehead atoms. The van der Waals surface area contributed by atoms with Gasteiger partial charge in [0.25, 0.3) is 0 Å². The van der Waals surface area contributed by atoms with Gasteiger partial charge in [0.1, 0.15) is 14.1 Å². The van der Waals surface area contributed by atoms with E-state index in [1.165, 1.54) is 26.5 Å². The highest BCUT2D eigenvalue weighted by atomic mass is 16.5. The van der Waals surface area contributed by atoms with Crippen LogP contribution in [-0.4, -0.2) is 36.0 Å². The van der Waals surface area contributed by atoms with Crippen molar-refractivity contribution in [1.82, 2.24) is 0 Å². The van der Waals surface area contributed by atoms with Crippen molar-refractivity contribution in [3.8, 4) is 0 Å². The molecule has 14 heavy (non-hydrogen) atoms. The van der Waals surface area contributed by atoms with E-state index in [1.807, 2.05) is 0 Å². The molecule has 0 fully saturated rings. The van der Waals surface area contributed by atoms with Crippen molar-refractivity contribution in [3.05, 3.63) is 45.8 Å². The Labute approximate surface area is 82.6 Å². The van der Waals surface area contributed by atoms with Gasteiger partial charge < -0.3 is 10.4 Å². The van der Waals surface area contributed by atoms with Crippen LogP contribution in [-0.2, 0) is 0 Å². The van der Waals surface area contributed by atoms with E-state index in [0.717, 1.165) is 20.6 Å². The smallest absolute Gasteiger partial charge is 0.181 e. The maximum Gasteiger partial charge on any atom is 0.181 e. The predicted molar refractivity (Wildman–Crippen MR) is 55.9 cm³/mol. The first kappa shape index (κ1) is 10.2. The van der Waals surface area contributed by atoms with Crippen molar-refractivity contribution in [2.75, 3.05) is 14.1 Å². The average molecular weight is 192 g/mol. The highest BCUT2D eigenvalue weighted by molar-refractivity contribution is 5.80. The number of hydroxylamine groups is 2. The summed E-state index contributed by atoms with van der Waals surface area (Å²) in [6, 6.07) is 7.13. The average Bonchev–Trinajstić information content (AvgIpc) is 2.06. The Hall–Kier alpha value is -1.84. The van der Waals surface area contributed by atoms with Crippen LogP contribution < -0.4 is 0 Å². The van der Waals surface area contributed by atoms with Gasteiger partial charge in [-0.05, 0) is 24.3 Å². The molecule has 0 aliphatic rings. The van der Waals surface area contributed by atoms with Gasteiger partial charge in [0.15, 0.2) is 12.4 Å². The first-order valence-electron chi connectivity index (χ1n) is 4.17. The van der Waals surface area contributed by atoms with E-state index in [0.29, 0.717) is 0 Å². The Kier molecular flexibility index (Phi) is 3.23. The number of hydrogen-bond acceptors (Lipinski definition) is 2. The van der Waals surface area contributed by atoms with E-state index in [9.17, 15) is 10.4 Å². The van der Waals surface area contributed by atoms with Crippen molar-refractivity contribution in [1.29, 1.82) is 0 Å². The minimum Gasteiger partial charge on any atom is -0.624 e. The lowest BCUT2D eigenvalue weighted by molar-refractivity contribution is -0.417. The Morgan fingerprint density at radius 1 is 0.857 bits per heavy atom. The van der Waals surface area contributed by atoms with Gasteiger partial charge in [-0.15, -0.1) is 0 Å². The molecule has 1 aromatic carbocycles. The van der Waals surface area contributed by atoms with Crippen molar-refractivity contribution >= 4 is 12.4 Å². The molecule has 0 aliphatic carbocycles. The SMILES string of the molecule is C/[N+]([O-])=C/c1ccc(/C=[N+](\C)[O-])cc1. The largest absolute Gasteiger partial charge is 0.624 e. The molecule has 0 spiro atoms. The van der Waals surface area contributed by atoms with Gasteiger partial charge in [0.05, 0.1) is 0 Å². The third kappa shape index (κ3) is 3.26. The lowest BCUT2D eigenvalue weighted by Gasteiger charge is -1.97. The molecule has 4 heteroatoms. The van der Waals surface area contributed by atoms with Crippen molar-refractivity contribution in [2.24, 2.45) is 0 Å². The summed E-state index contributed by atoms with van der Waals surface area (Å²) >= 11 is 0. The molecule has 0 atom stereocenters. The second kappa shape index (κ2) is 4.41. The number of benzene rings is 1. The van der Waals surface area contributed by atoms with Crippen LogP contribution in [0.3, 0.4) is 0 Å². The summed E-state index contributed by atoms with van der Waals surface area (Å²) in [5, 5.41) is 21.3. The summed E-state index contributed by atoms with van der Waals surface area (Å²) in [7, 11) is 2.84. The molecule has 1 aromatic rings. The lowest BCUT2D eigenvalue weighted by Crippen LogP contribution is -1.99. The van der Waals surface area contributed by atoms with Crippen LogP contribution in [0.25, 0.3) is 0 Å². The summed E-state index contributed by atoms with van der Waals surface area (Å²) in [6.45, 7) is 0. The zero-order chi connectivity index (χ0) is 10.6. The topological polar surface area (TPSA) is 52.1 Å². The van der Waals surface area contributed by atoms with Crippen molar-refractivity contribution in [3.63, 3.8) is 0 Å². The maximum atomic E-state index is 10.7. The molecule has 4 nitrogen and oxygen atoms in total. The molecule has 0 N–H and O–H groups in total. The first-order valence-corrected chi connectivity index (χ1v) is 4.17. The van der Waals surface area contributed by atoms with Crippen LogP contribution in [0.4, 0.5) is 0 Å². The van der Waals surface area contributed by atoms with Crippen LogP contribution >= 0.6 is 0 Å². The fourth-order valence-electron chi connectivity index (χ4n) is 1.09. The second-order valence-electron chi connectivity index (χ2n) is 3.02. The third-order valence-corrected chi connectivity index (χ3v) is 1.60. The number of rotatable bonds is 2. The molecule has 0 saturated heterocycles. The molecule has 0 saturated carbocycles. The molecular weight excluding hydrogens is 180 g/mol. The second-order valence-corrected chi connectivity index (χ2v) is 3.02. The van der Waals surface area contributed by atoms with Crippen LogP contribution in [0.5, 0.6) is 0 Å². The Balaban J connectivity index is 2.89. The van der Waals surface area contributed by atoms with E-state index < -0.39 is 0 Å². The van der Waals surface area contributed by atoms with E-state index >= 15 is 0 Å². The highest BCUT2D eigenvalue weighted by Crippen LogP contribution is 1.99. The molecule has 0 heterocycles. The fourth-order valence-corrected chi connectivity index (χ4v) is 1.09. The normalized spacial score (nSPS) is 13.0. The van der Waals surface area contributed by atoms with Crippen LogP contribution in [0.1, 0.15) is 11.1 Å². The monoisotopic (exact) mass is 192 g/mol. The molecule has 1 rings (SSSR count). The quantitative estimate of drug-likeness (QED) is 0.301. The lowest BCUT2D eigenvalue weighted by atomic mass is 10.2. The summed E-state index contributed by atoms with van der Waals surface area (Å²) < 4.78 is 1.47. The van der Waals surface area contributed by atoms with Gasteiger partial charge in [-0.1, -0.05) is 0 Å². The van der Waals surface area contributed by atoms with Gasteiger partial charge in [0.2, 0.25) is 0 Å². The minimum absolute atomic E-state index is 0.735. The van der Waals surface area contributed by atoms with Crippen molar-refractivity contribution in [2.45, 2.75) is 0 Å². The van der Waals surface area contributed by atoms with E-state index in [2.05, 4.69) is 0 Å². The molecule has 0 radical (unpaired) electrons. The third-order valence-electron chi connectivity index (χ3n) is 1.60. The number of hydrogen-bond donors (Lipinski definition) is 0. The fraction of sp³-hybridized carbons (Fsp3) is 0.200. The van der Waals surface area contributed by atoms with Crippen LogP contribution in [0, 0.1) is 10.4 Å². The van der Waals surface area contributed by atoms with Gasteiger partial charge >= 0.3 is 0 Å². The Morgan fingerprint density at radius 3 is 1.36 bits per heavy atom. The standard InChI is InChI=1S/C10H12N2O2/c1-11(13)7-9-3-5-10(6-4-9)8-12(2)14/h3-8H,1-2H3/b11-7-,12-8+. The minimum atomic E-state index is 0.735. The maximum absolute atomic E-state index is 10.7. The predicted octanol–water partition coefficient (Wildman–Crippen LogP) is 0.805. The molecule has 0 unspecified atom stereocenters. The summed E-state index contributed by atoms with van der Waals surface area (Å²) in [4.78, 5) is 0. The van der Waals surface area contributed by atoms with E-state index in [1.54, 1.807) is 24.3 Å². The Morgan fingerprint density at radius 2 is 1.14 bits per heavy atom.